The Bertz CT molecular complexity index is 570. The second kappa shape index (κ2) is 6.59. The summed E-state index contributed by atoms with van der Waals surface area (Å²) in [6, 6.07) is 11.9. The number of rotatable bonds is 5. The van der Waals surface area contributed by atoms with Crippen LogP contribution in [0.5, 0.6) is 0 Å². The molecule has 0 spiro atoms. The lowest BCUT2D eigenvalue weighted by atomic mass is 9.97. The summed E-state index contributed by atoms with van der Waals surface area (Å²) in [5.41, 5.74) is 4.06. The van der Waals surface area contributed by atoms with E-state index >= 15 is 0 Å². The van der Waals surface area contributed by atoms with Crippen molar-refractivity contribution in [1.82, 2.24) is 5.43 Å². The van der Waals surface area contributed by atoms with E-state index in [4.69, 9.17) is 5.84 Å². The van der Waals surface area contributed by atoms with E-state index in [1.807, 2.05) is 30.3 Å². The molecule has 2 aromatic rings. The summed E-state index contributed by atoms with van der Waals surface area (Å²) in [5.74, 6) is 4.38. The van der Waals surface area contributed by atoms with Gasteiger partial charge in [0.15, 0.2) is 0 Å². The normalized spacial score (nSPS) is 12.4. The fourth-order valence-electron chi connectivity index (χ4n) is 2.26. The van der Waals surface area contributed by atoms with Gasteiger partial charge >= 0.3 is 0 Å². The van der Waals surface area contributed by atoms with E-state index in [1.54, 1.807) is 6.92 Å². The molecular weight excluding hydrogens is 258 g/mol. The molecule has 0 aliphatic carbocycles. The monoisotopic (exact) mass is 276 g/mol. The van der Waals surface area contributed by atoms with E-state index in [0.717, 1.165) is 5.56 Å². The van der Waals surface area contributed by atoms with Crippen molar-refractivity contribution in [3.8, 4) is 0 Å². The minimum Gasteiger partial charge on any atom is -0.271 e. The predicted octanol–water partition coefficient (Wildman–Crippen LogP) is 3.41. The van der Waals surface area contributed by atoms with Crippen molar-refractivity contribution in [2.24, 2.45) is 5.84 Å². The van der Waals surface area contributed by atoms with E-state index in [0.29, 0.717) is 18.4 Å². The maximum atomic E-state index is 14.1. The lowest BCUT2D eigenvalue weighted by molar-refractivity contribution is 0.452. The molecule has 0 aliphatic rings. The Morgan fingerprint density at radius 2 is 1.80 bits per heavy atom. The summed E-state index contributed by atoms with van der Waals surface area (Å²) in [6.07, 6.45) is 1.22. The maximum Gasteiger partial charge on any atom is 0.133 e. The average Bonchev–Trinajstić information content (AvgIpc) is 2.47. The Morgan fingerprint density at radius 3 is 2.45 bits per heavy atom. The van der Waals surface area contributed by atoms with Crippen LogP contribution in [0.4, 0.5) is 8.78 Å². The van der Waals surface area contributed by atoms with Crippen LogP contribution in [0.15, 0.2) is 42.5 Å². The number of halogens is 2. The molecular formula is C16H18F2N2. The molecule has 0 saturated carbocycles. The fourth-order valence-corrected chi connectivity index (χ4v) is 2.26. The second-order valence-electron chi connectivity index (χ2n) is 4.84. The van der Waals surface area contributed by atoms with Gasteiger partial charge < -0.3 is 0 Å². The molecule has 2 rings (SSSR count). The zero-order valence-electron chi connectivity index (χ0n) is 11.4. The summed E-state index contributed by atoms with van der Waals surface area (Å²) in [7, 11) is 0. The van der Waals surface area contributed by atoms with E-state index in [9.17, 15) is 8.78 Å². The molecule has 1 atom stereocenters. The molecule has 0 aromatic heterocycles. The first-order valence-electron chi connectivity index (χ1n) is 6.58. The zero-order valence-corrected chi connectivity index (χ0v) is 11.4. The summed E-state index contributed by atoms with van der Waals surface area (Å²) in [6.45, 7) is 1.61. The van der Waals surface area contributed by atoms with Crippen LogP contribution in [0, 0.1) is 18.6 Å². The lowest BCUT2D eigenvalue weighted by Crippen LogP contribution is -2.30. The molecule has 0 fully saturated rings. The highest BCUT2D eigenvalue weighted by atomic mass is 19.1. The van der Waals surface area contributed by atoms with Crippen molar-refractivity contribution in [2.75, 3.05) is 0 Å². The van der Waals surface area contributed by atoms with Crippen molar-refractivity contribution in [3.63, 3.8) is 0 Å². The van der Waals surface area contributed by atoms with Gasteiger partial charge in [-0.25, -0.2) is 8.78 Å². The minimum atomic E-state index is -0.566. The van der Waals surface area contributed by atoms with Crippen LogP contribution >= 0.6 is 0 Å². The van der Waals surface area contributed by atoms with Gasteiger partial charge in [-0.15, -0.1) is 0 Å². The largest absolute Gasteiger partial charge is 0.271 e. The van der Waals surface area contributed by atoms with Crippen LogP contribution < -0.4 is 11.3 Å². The number of hydrazine groups is 1. The lowest BCUT2D eigenvalue weighted by Gasteiger charge is -2.18. The number of nitrogens with two attached hydrogens (primary N) is 1. The maximum absolute atomic E-state index is 14.1. The zero-order chi connectivity index (χ0) is 14.5. The molecule has 20 heavy (non-hydrogen) atoms. The van der Waals surface area contributed by atoms with Crippen molar-refractivity contribution >= 4 is 0 Å². The van der Waals surface area contributed by atoms with E-state index in [2.05, 4.69) is 5.43 Å². The van der Waals surface area contributed by atoms with E-state index < -0.39 is 17.7 Å². The molecule has 3 N–H and O–H groups in total. The Morgan fingerprint density at radius 1 is 1.10 bits per heavy atom. The van der Waals surface area contributed by atoms with Gasteiger partial charge in [0.1, 0.15) is 11.6 Å². The minimum absolute atomic E-state index is 0.0171. The molecule has 0 aliphatic heterocycles. The molecule has 106 valence electrons. The van der Waals surface area contributed by atoms with Crippen molar-refractivity contribution in [2.45, 2.75) is 25.8 Å². The smallest absolute Gasteiger partial charge is 0.133 e. The van der Waals surface area contributed by atoms with E-state index in [-0.39, 0.29) is 5.56 Å². The van der Waals surface area contributed by atoms with Gasteiger partial charge in [0, 0.05) is 5.56 Å². The summed E-state index contributed by atoms with van der Waals surface area (Å²) < 4.78 is 27.9. The summed E-state index contributed by atoms with van der Waals surface area (Å²) in [5, 5.41) is 0. The predicted molar refractivity (Wildman–Crippen MR) is 75.9 cm³/mol. The first-order valence-corrected chi connectivity index (χ1v) is 6.58. The molecule has 0 saturated heterocycles. The Hall–Kier alpha value is -1.78. The van der Waals surface area contributed by atoms with Crippen molar-refractivity contribution < 1.29 is 8.78 Å². The van der Waals surface area contributed by atoms with Gasteiger partial charge in [-0.2, -0.15) is 0 Å². The van der Waals surface area contributed by atoms with Crippen LogP contribution in [0.25, 0.3) is 0 Å². The molecule has 4 heteroatoms. The third-order valence-electron chi connectivity index (χ3n) is 3.43. The third-order valence-corrected chi connectivity index (χ3v) is 3.43. The van der Waals surface area contributed by atoms with Gasteiger partial charge in [0.2, 0.25) is 0 Å². The van der Waals surface area contributed by atoms with Crippen LogP contribution in [0.2, 0.25) is 0 Å². The molecule has 0 heterocycles. The highest BCUT2D eigenvalue weighted by Crippen LogP contribution is 2.26. The van der Waals surface area contributed by atoms with Crippen molar-refractivity contribution in [3.05, 3.63) is 70.8 Å². The number of hydrogen-bond acceptors (Lipinski definition) is 2. The highest BCUT2D eigenvalue weighted by Gasteiger charge is 2.20. The van der Waals surface area contributed by atoms with Gasteiger partial charge in [-0.3, -0.25) is 11.3 Å². The number of benzene rings is 2. The highest BCUT2D eigenvalue weighted by molar-refractivity contribution is 5.29. The average molecular weight is 276 g/mol. The first-order chi connectivity index (χ1) is 9.63. The molecule has 2 aromatic carbocycles. The first kappa shape index (κ1) is 14.6. The Kier molecular flexibility index (Phi) is 4.82. The second-order valence-corrected chi connectivity index (χ2v) is 4.84. The van der Waals surface area contributed by atoms with Gasteiger partial charge in [0.25, 0.3) is 0 Å². The molecule has 1 unspecified atom stereocenters. The van der Waals surface area contributed by atoms with E-state index in [1.165, 1.54) is 12.1 Å². The van der Waals surface area contributed by atoms with Gasteiger partial charge in [-0.1, -0.05) is 36.4 Å². The summed E-state index contributed by atoms with van der Waals surface area (Å²) in [4.78, 5) is 0. The quantitative estimate of drug-likeness (QED) is 0.649. The Labute approximate surface area is 117 Å². The summed E-state index contributed by atoms with van der Waals surface area (Å²) >= 11 is 0. The molecule has 2 nitrogen and oxygen atoms in total. The van der Waals surface area contributed by atoms with Gasteiger partial charge in [0.05, 0.1) is 6.04 Å². The topological polar surface area (TPSA) is 38.0 Å². The SMILES string of the molecule is Cc1ccc(F)c(C(CCc2ccccc2)NN)c1F. The number of hydrogen-bond donors (Lipinski definition) is 2. The fraction of sp³-hybridized carbons (Fsp3) is 0.250. The standard InChI is InChI=1S/C16H18F2N2/c1-11-7-9-13(17)15(16(11)18)14(20-19)10-8-12-5-3-2-4-6-12/h2-7,9,14,20H,8,10,19H2,1H3. The van der Waals surface area contributed by atoms with Crippen LogP contribution in [-0.2, 0) is 6.42 Å². The molecule has 0 radical (unpaired) electrons. The number of aryl methyl sites for hydroxylation is 2. The van der Waals surface area contributed by atoms with Gasteiger partial charge in [-0.05, 0) is 37.0 Å². The number of nitrogens with one attached hydrogen (secondary N) is 1. The van der Waals surface area contributed by atoms with Crippen molar-refractivity contribution in [1.29, 1.82) is 0 Å². The third kappa shape index (κ3) is 3.21. The van der Waals surface area contributed by atoms with Crippen LogP contribution in [-0.4, -0.2) is 0 Å². The molecule has 0 amide bonds. The Balaban J connectivity index is 2.19. The molecule has 0 bridgehead atoms. The van der Waals surface area contributed by atoms with Crippen LogP contribution in [0.1, 0.15) is 29.2 Å². The van der Waals surface area contributed by atoms with Crippen LogP contribution in [0.3, 0.4) is 0 Å².